The minimum absolute atomic E-state index is 0. The second kappa shape index (κ2) is 5.19. The Kier molecular flexibility index (Phi) is 5.34. The number of ether oxygens (including phenoxy) is 2. The molecular weight excluding hydrogens is 414 g/mol. The first-order valence-corrected chi connectivity index (χ1v) is 5.01. The van der Waals surface area contributed by atoms with Crippen molar-refractivity contribution < 1.29 is 40.6 Å². The maximum Gasteiger partial charge on any atom is 0.116 e. The van der Waals surface area contributed by atoms with Gasteiger partial charge in [0.05, 0.1) is 12.2 Å². The van der Waals surface area contributed by atoms with E-state index >= 15 is 0 Å². The Bertz CT molecular complexity index is 228. The van der Waals surface area contributed by atoms with E-state index in [1.54, 1.807) is 12.2 Å². The van der Waals surface area contributed by atoms with Gasteiger partial charge in [-0.3, -0.25) is 0 Å². The third kappa shape index (κ3) is 2.58. The van der Waals surface area contributed by atoms with E-state index in [9.17, 15) is 0 Å². The number of rotatable bonds is 2. The number of hydrogen-bond acceptors (Lipinski definition) is 2. The summed E-state index contributed by atoms with van der Waals surface area (Å²) in [6, 6.07) is 0. The average molecular weight is 434 g/mol. The van der Waals surface area contributed by atoms with Gasteiger partial charge in [-0.25, -0.2) is 0 Å². The molecule has 0 bridgehead atoms. The van der Waals surface area contributed by atoms with Gasteiger partial charge in [0.1, 0.15) is 11.2 Å². The Hall–Kier alpha value is 0.452. The van der Waals surface area contributed by atoms with Crippen LogP contribution in [0, 0.1) is 31.1 Å². The van der Waals surface area contributed by atoms with Crippen molar-refractivity contribution in [3.8, 4) is 0 Å². The summed E-state index contributed by atoms with van der Waals surface area (Å²) < 4.78 is 11.9. The van der Waals surface area contributed by atoms with Gasteiger partial charge in [-0.2, -0.15) is 0 Å². The molecule has 15 heavy (non-hydrogen) atoms. The largest absolute Gasteiger partial charge is 0.362 e. The summed E-state index contributed by atoms with van der Waals surface area (Å²) in [5.41, 5.74) is -0.999. The summed E-state index contributed by atoms with van der Waals surface area (Å²) in [6.07, 6.45) is 3.73. The van der Waals surface area contributed by atoms with Crippen LogP contribution in [0.15, 0.2) is 25.3 Å². The van der Waals surface area contributed by atoms with Crippen molar-refractivity contribution in [3.05, 3.63) is 25.3 Å². The zero-order valence-corrected chi connectivity index (χ0v) is 14.2. The van der Waals surface area contributed by atoms with Crippen LogP contribution in [0.2, 0.25) is 0 Å². The van der Waals surface area contributed by atoms with Crippen molar-refractivity contribution in [1.29, 1.82) is 0 Å². The van der Waals surface area contributed by atoms with E-state index in [2.05, 4.69) is 13.2 Å². The van der Waals surface area contributed by atoms with E-state index in [4.69, 9.17) is 9.47 Å². The molecule has 0 spiro atoms. The van der Waals surface area contributed by atoms with Crippen LogP contribution in [0.5, 0.6) is 0 Å². The van der Waals surface area contributed by atoms with Crippen molar-refractivity contribution >= 4 is 0 Å². The van der Waals surface area contributed by atoms with Crippen molar-refractivity contribution in [2.24, 2.45) is 0 Å². The van der Waals surface area contributed by atoms with E-state index in [1.807, 2.05) is 27.7 Å². The van der Waals surface area contributed by atoms with Gasteiger partial charge in [0.2, 0.25) is 0 Å². The van der Waals surface area contributed by atoms with E-state index in [0.29, 0.717) is 0 Å². The Morgan fingerprint density at radius 3 is 1.40 bits per heavy atom. The molecule has 1 heterocycles. The van der Waals surface area contributed by atoms with Gasteiger partial charge in [-0.1, -0.05) is 12.2 Å². The fraction of sp³-hybridized carbons (Fsp3) is 0.667. The van der Waals surface area contributed by atoms with Gasteiger partial charge >= 0.3 is 0 Å². The fourth-order valence-corrected chi connectivity index (χ4v) is 1.70. The van der Waals surface area contributed by atoms with E-state index in [0.717, 1.165) is 0 Å². The molecule has 84 valence electrons. The fourth-order valence-electron chi connectivity index (χ4n) is 1.70. The van der Waals surface area contributed by atoms with E-state index in [1.165, 1.54) is 0 Å². The van der Waals surface area contributed by atoms with Gasteiger partial charge < -0.3 is 9.47 Å². The van der Waals surface area contributed by atoms with Crippen LogP contribution in [0.4, 0.5) is 0 Å². The molecule has 0 aliphatic carbocycles. The van der Waals surface area contributed by atoms with Crippen LogP contribution in [-0.2, 0) is 9.47 Å². The molecule has 4 atom stereocenters. The van der Waals surface area contributed by atoms with Gasteiger partial charge in [0.15, 0.2) is 0 Å². The molecule has 4 unspecified atom stereocenters. The van der Waals surface area contributed by atoms with Crippen molar-refractivity contribution in [2.45, 2.75) is 51.1 Å². The second-order valence-electron chi connectivity index (χ2n) is 4.27. The molecule has 0 radical (unpaired) electrons. The molecule has 0 aromatic heterocycles. The predicted molar refractivity (Wildman–Crippen MR) is 58.3 cm³/mol. The molecule has 1 fully saturated rings. The SMILES string of the molecule is C=CC1(C)OC(C)C(C)OC1(C)C=C.[U]. The van der Waals surface area contributed by atoms with Gasteiger partial charge in [-0.05, 0) is 27.7 Å². The molecule has 1 rings (SSSR count). The Balaban J connectivity index is 0.00000196. The van der Waals surface area contributed by atoms with Crippen molar-refractivity contribution in [1.82, 2.24) is 0 Å². The maximum atomic E-state index is 5.93. The van der Waals surface area contributed by atoms with Crippen LogP contribution >= 0.6 is 0 Å². The van der Waals surface area contributed by atoms with Crippen LogP contribution in [0.25, 0.3) is 0 Å². The number of hydrogen-bond donors (Lipinski definition) is 0. The smallest absolute Gasteiger partial charge is 0.116 e. The van der Waals surface area contributed by atoms with Gasteiger partial charge in [0.25, 0.3) is 0 Å². The second-order valence-corrected chi connectivity index (χ2v) is 4.27. The third-order valence-electron chi connectivity index (χ3n) is 3.29. The topological polar surface area (TPSA) is 18.5 Å². The van der Waals surface area contributed by atoms with Crippen LogP contribution in [-0.4, -0.2) is 23.4 Å². The molecule has 0 aromatic carbocycles. The van der Waals surface area contributed by atoms with Crippen molar-refractivity contribution in [2.75, 3.05) is 0 Å². The summed E-state index contributed by atoms with van der Waals surface area (Å²) >= 11 is 0. The minimum Gasteiger partial charge on any atom is -0.362 e. The average Bonchev–Trinajstić information content (AvgIpc) is 2.15. The molecular formula is C12H20O2U. The summed E-state index contributed by atoms with van der Waals surface area (Å²) in [7, 11) is 0. The zero-order chi connectivity index (χ0) is 11.0. The molecule has 0 amide bonds. The molecule has 0 N–H and O–H groups in total. The van der Waals surface area contributed by atoms with Crippen LogP contribution < -0.4 is 0 Å². The quantitative estimate of drug-likeness (QED) is 0.623. The Morgan fingerprint density at radius 1 is 0.933 bits per heavy atom. The summed E-state index contributed by atoms with van der Waals surface area (Å²) in [4.78, 5) is 0. The maximum absolute atomic E-state index is 5.93. The molecule has 1 aliphatic heterocycles. The van der Waals surface area contributed by atoms with Gasteiger partial charge in [0, 0.05) is 31.1 Å². The molecule has 3 heteroatoms. The van der Waals surface area contributed by atoms with E-state index < -0.39 is 11.2 Å². The Labute approximate surface area is 116 Å². The van der Waals surface area contributed by atoms with Crippen molar-refractivity contribution in [3.63, 3.8) is 0 Å². The molecule has 0 aromatic rings. The first kappa shape index (κ1) is 15.5. The summed E-state index contributed by atoms with van der Waals surface area (Å²) in [5.74, 6) is 0. The first-order valence-electron chi connectivity index (χ1n) is 5.01. The monoisotopic (exact) mass is 434 g/mol. The molecule has 2 nitrogen and oxygen atoms in total. The molecule has 1 saturated heterocycles. The predicted octanol–water partition coefficient (Wildman–Crippen LogP) is 2.70. The summed E-state index contributed by atoms with van der Waals surface area (Å²) in [6.45, 7) is 15.6. The minimum atomic E-state index is -0.499. The van der Waals surface area contributed by atoms with Gasteiger partial charge in [-0.15, -0.1) is 13.2 Å². The van der Waals surface area contributed by atoms with E-state index in [-0.39, 0.29) is 43.3 Å². The summed E-state index contributed by atoms with van der Waals surface area (Å²) in [5, 5.41) is 0. The zero-order valence-electron chi connectivity index (χ0n) is 10.0. The van der Waals surface area contributed by atoms with Crippen LogP contribution in [0.3, 0.4) is 0 Å². The third-order valence-corrected chi connectivity index (χ3v) is 3.29. The first-order chi connectivity index (χ1) is 6.38. The molecule has 0 saturated carbocycles. The normalized spacial score (nSPS) is 45.3. The molecule has 1 aliphatic rings. The Morgan fingerprint density at radius 2 is 1.20 bits per heavy atom. The van der Waals surface area contributed by atoms with Crippen LogP contribution in [0.1, 0.15) is 27.7 Å². The standard InChI is InChI=1S/C12H20O2.U/c1-7-11(5)12(6,8-2)14-10(4)9(3)13-11;/h7-10H,1-2H2,3-6H3;.